The summed E-state index contributed by atoms with van der Waals surface area (Å²) in [4.78, 5) is 12.1. The van der Waals surface area contributed by atoms with E-state index in [1.54, 1.807) is 0 Å². The predicted molar refractivity (Wildman–Crippen MR) is 85.9 cm³/mol. The van der Waals surface area contributed by atoms with E-state index in [0.29, 0.717) is 12.1 Å². The van der Waals surface area contributed by atoms with Gasteiger partial charge in [-0.15, -0.1) is 0 Å². The van der Waals surface area contributed by atoms with Gasteiger partial charge in [0.2, 0.25) is 0 Å². The van der Waals surface area contributed by atoms with Gasteiger partial charge in [0.15, 0.2) is 0 Å². The molecule has 2 aromatic rings. The number of hydrogen-bond acceptors (Lipinski definition) is 2. The zero-order valence-electron chi connectivity index (χ0n) is 11.3. The molecule has 0 atom stereocenters. The Labute approximate surface area is 127 Å². The van der Waals surface area contributed by atoms with Gasteiger partial charge in [-0.2, -0.15) is 0 Å². The predicted octanol–water partition coefficient (Wildman–Crippen LogP) is 3.81. The lowest BCUT2D eigenvalue weighted by atomic mass is 10.1. The number of halogens is 1. The first kappa shape index (κ1) is 14.6. The van der Waals surface area contributed by atoms with Crippen LogP contribution in [0.2, 0.25) is 0 Å². The van der Waals surface area contributed by atoms with E-state index >= 15 is 0 Å². The summed E-state index contributed by atoms with van der Waals surface area (Å²) in [7, 11) is 0. The molecule has 0 spiro atoms. The number of amides is 1. The van der Waals surface area contributed by atoms with Crippen molar-refractivity contribution >= 4 is 27.5 Å². The van der Waals surface area contributed by atoms with Crippen LogP contribution in [0, 0.1) is 0 Å². The molecule has 2 rings (SSSR count). The molecule has 0 radical (unpaired) electrons. The molecule has 4 heteroatoms. The highest BCUT2D eigenvalue weighted by molar-refractivity contribution is 9.10. The molecule has 0 saturated carbocycles. The summed E-state index contributed by atoms with van der Waals surface area (Å²) in [6.45, 7) is 3.42. The summed E-state index contributed by atoms with van der Waals surface area (Å²) >= 11 is 3.47. The molecular weight excluding hydrogens is 316 g/mol. The normalized spacial score (nSPS) is 10.1. The number of carbonyl (C=O) groups excluding carboxylic acids is 1. The second kappa shape index (κ2) is 7.10. The highest BCUT2D eigenvalue weighted by Gasteiger charge is 2.06. The third-order valence-electron chi connectivity index (χ3n) is 2.93. The molecule has 0 aliphatic carbocycles. The Morgan fingerprint density at radius 2 is 1.80 bits per heavy atom. The van der Waals surface area contributed by atoms with Crippen molar-refractivity contribution in [3.63, 3.8) is 0 Å². The first-order valence-corrected chi connectivity index (χ1v) is 7.35. The molecule has 20 heavy (non-hydrogen) atoms. The van der Waals surface area contributed by atoms with Crippen LogP contribution in [0.3, 0.4) is 0 Å². The van der Waals surface area contributed by atoms with Crippen molar-refractivity contribution in [3.8, 4) is 0 Å². The van der Waals surface area contributed by atoms with E-state index in [9.17, 15) is 4.79 Å². The number of carbonyl (C=O) groups is 1. The van der Waals surface area contributed by atoms with Gasteiger partial charge < -0.3 is 10.6 Å². The molecule has 0 aliphatic heterocycles. The quantitative estimate of drug-likeness (QED) is 0.874. The summed E-state index contributed by atoms with van der Waals surface area (Å²) < 4.78 is 1.00. The van der Waals surface area contributed by atoms with E-state index in [2.05, 4.69) is 26.6 Å². The lowest BCUT2D eigenvalue weighted by Gasteiger charge is -2.08. The molecule has 0 aliphatic rings. The monoisotopic (exact) mass is 332 g/mol. The van der Waals surface area contributed by atoms with E-state index in [0.717, 1.165) is 22.3 Å². The fourth-order valence-corrected chi connectivity index (χ4v) is 2.29. The number of anilines is 1. The van der Waals surface area contributed by atoms with Crippen molar-refractivity contribution in [2.75, 3.05) is 11.9 Å². The minimum atomic E-state index is -0.0659. The molecule has 0 aromatic heterocycles. The first-order chi connectivity index (χ1) is 9.70. The molecular formula is C16H17BrN2O. The number of benzene rings is 2. The van der Waals surface area contributed by atoms with Gasteiger partial charge >= 0.3 is 0 Å². The second-order valence-electron chi connectivity index (χ2n) is 4.38. The van der Waals surface area contributed by atoms with Crippen LogP contribution in [-0.2, 0) is 6.54 Å². The maximum Gasteiger partial charge on any atom is 0.251 e. The zero-order valence-corrected chi connectivity index (χ0v) is 12.9. The van der Waals surface area contributed by atoms with E-state index < -0.39 is 0 Å². The van der Waals surface area contributed by atoms with Gasteiger partial charge in [-0.05, 0) is 42.8 Å². The van der Waals surface area contributed by atoms with Gasteiger partial charge in [-0.3, -0.25) is 4.79 Å². The van der Waals surface area contributed by atoms with Gasteiger partial charge in [-0.1, -0.05) is 34.1 Å². The van der Waals surface area contributed by atoms with Crippen LogP contribution in [0.15, 0.2) is 53.0 Å². The Morgan fingerprint density at radius 3 is 2.45 bits per heavy atom. The van der Waals surface area contributed by atoms with Crippen LogP contribution < -0.4 is 10.6 Å². The van der Waals surface area contributed by atoms with Crippen molar-refractivity contribution in [3.05, 3.63) is 64.1 Å². The van der Waals surface area contributed by atoms with Crippen molar-refractivity contribution in [2.45, 2.75) is 13.5 Å². The maximum absolute atomic E-state index is 12.1. The Kier molecular flexibility index (Phi) is 5.18. The number of hydrogen-bond donors (Lipinski definition) is 2. The topological polar surface area (TPSA) is 41.1 Å². The number of nitrogens with one attached hydrogen (secondary N) is 2. The maximum atomic E-state index is 12.1. The number of rotatable bonds is 5. The van der Waals surface area contributed by atoms with Crippen molar-refractivity contribution in [1.29, 1.82) is 0 Å². The van der Waals surface area contributed by atoms with Gasteiger partial charge in [0, 0.05) is 28.8 Å². The summed E-state index contributed by atoms with van der Waals surface area (Å²) in [5.74, 6) is -0.0659. The molecule has 1 amide bonds. The molecule has 0 saturated heterocycles. The summed E-state index contributed by atoms with van der Waals surface area (Å²) in [6, 6.07) is 15.3. The summed E-state index contributed by atoms with van der Waals surface area (Å²) in [5, 5.41) is 6.12. The Hall–Kier alpha value is -1.81. The van der Waals surface area contributed by atoms with E-state index in [1.807, 2.05) is 55.5 Å². The highest BCUT2D eigenvalue weighted by Crippen LogP contribution is 2.15. The average Bonchev–Trinajstić information content (AvgIpc) is 2.47. The van der Waals surface area contributed by atoms with Crippen molar-refractivity contribution < 1.29 is 4.79 Å². The molecule has 0 bridgehead atoms. The van der Waals surface area contributed by atoms with Crippen molar-refractivity contribution in [1.82, 2.24) is 5.32 Å². The second-order valence-corrected chi connectivity index (χ2v) is 5.24. The lowest BCUT2D eigenvalue weighted by Crippen LogP contribution is -2.22. The summed E-state index contributed by atoms with van der Waals surface area (Å²) in [6.07, 6.45) is 0. The average molecular weight is 333 g/mol. The standard InChI is InChI=1S/C16H17BrN2O/c1-2-18-14-9-7-12(8-10-14)16(20)19-11-13-5-3-4-6-15(13)17/h3-10,18H,2,11H2,1H3,(H,19,20). The molecule has 2 N–H and O–H groups in total. The lowest BCUT2D eigenvalue weighted by molar-refractivity contribution is 0.0951. The zero-order chi connectivity index (χ0) is 14.4. The SMILES string of the molecule is CCNc1ccc(C(=O)NCc2ccccc2Br)cc1. The summed E-state index contributed by atoms with van der Waals surface area (Å²) in [5.41, 5.74) is 2.75. The van der Waals surface area contributed by atoms with Crippen LogP contribution in [-0.4, -0.2) is 12.5 Å². The molecule has 3 nitrogen and oxygen atoms in total. The van der Waals surface area contributed by atoms with Crippen LogP contribution in [0.4, 0.5) is 5.69 Å². The van der Waals surface area contributed by atoms with Crippen LogP contribution >= 0.6 is 15.9 Å². The smallest absolute Gasteiger partial charge is 0.251 e. The first-order valence-electron chi connectivity index (χ1n) is 6.56. The Morgan fingerprint density at radius 1 is 1.10 bits per heavy atom. The van der Waals surface area contributed by atoms with Gasteiger partial charge in [0.1, 0.15) is 0 Å². The third-order valence-corrected chi connectivity index (χ3v) is 3.70. The van der Waals surface area contributed by atoms with Crippen LogP contribution in [0.25, 0.3) is 0 Å². The fraction of sp³-hybridized carbons (Fsp3) is 0.188. The highest BCUT2D eigenvalue weighted by atomic mass is 79.9. The molecule has 104 valence electrons. The Balaban J connectivity index is 1.96. The molecule has 0 unspecified atom stereocenters. The van der Waals surface area contributed by atoms with E-state index in [1.165, 1.54) is 0 Å². The van der Waals surface area contributed by atoms with E-state index in [-0.39, 0.29) is 5.91 Å². The van der Waals surface area contributed by atoms with Gasteiger partial charge in [0.25, 0.3) is 5.91 Å². The fourth-order valence-electron chi connectivity index (χ4n) is 1.86. The minimum Gasteiger partial charge on any atom is -0.385 e. The molecule has 2 aromatic carbocycles. The van der Waals surface area contributed by atoms with Crippen LogP contribution in [0.1, 0.15) is 22.8 Å². The molecule has 0 heterocycles. The largest absolute Gasteiger partial charge is 0.385 e. The van der Waals surface area contributed by atoms with Gasteiger partial charge in [-0.25, -0.2) is 0 Å². The van der Waals surface area contributed by atoms with Crippen LogP contribution in [0.5, 0.6) is 0 Å². The van der Waals surface area contributed by atoms with Gasteiger partial charge in [0.05, 0.1) is 0 Å². The van der Waals surface area contributed by atoms with E-state index in [4.69, 9.17) is 0 Å². The molecule has 0 fully saturated rings. The Bertz CT molecular complexity index is 581. The minimum absolute atomic E-state index is 0.0659. The third kappa shape index (κ3) is 3.84. The van der Waals surface area contributed by atoms with Crippen molar-refractivity contribution in [2.24, 2.45) is 0 Å².